The number of carbonyl (C=O) groups excluding carboxylic acids is 2. The van der Waals surface area contributed by atoms with Crippen molar-refractivity contribution in [3.63, 3.8) is 0 Å². The van der Waals surface area contributed by atoms with Crippen LogP contribution in [-0.4, -0.2) is 73.6 Å². The van der Waals surface area contributed by atoms with Crippen molar-refractivity contribution in [2.45, 2.75) is 59.1 Å². The quantitative estimate of drug-likeness (QED) is 0.110. The highest BCUT2D eigenvalue weighted by molar-refractivity contribution is 7.90. The van der Waals surface area contributed by atoms with E-state index in [1.165, 1.54) is 35.0 Å². The minimum Gasteiger partial charge on any atom is -0.476 e. The van der Waals surface area contributed by atoms with Gasteiger partial charge in [0.15, 0.2) is 16.7 Å². The number of nitrogens with zero attached hydrogens (tertiary/aromatic N) is 7. The van der Waals surface area contributed by atoms with Gasteiger partial charge in [-0.1, -0.05) is 57.0 Å². The van der Waals surface area contributed by atoms with Crippen molar-refractivity contribution in [2.75, 3.05) is 18.9 Å². The van der Waals surface area contributed by atoms with Crippen LogP contribution in [0, 0.1) is 11.8 Å². The zero-order valence-electron chi connectivity index (χ0n) is 30.6. The molecule has 1 amide bonds. The Hall–Kier alpha value is -5.26. The number of esters is 1. The molecule has 0 saturated carbocycles. The van der Waals surface area contributed by atoms with E-state index >= 15 is 0 Å². The first-order valence-corrected chi connectivity index (χ1v) is 18.8. The second kappa shape index (κ2) is 17.7. The van der Waals surface area contributed by atoms with E-state index < -0.39 is 27.5 Å². The fourth-order valence-corrected chi connectivity index (χ4v) is 5.50. The lowest BCUT2D eigenvalue weighted by atomic mass is 10.2. The maximum atomic E-state index is 12.4. The predicted octanol–water partition coefficient (Wildman–Crippen LogP) is 5.96. The van der Waals surface area contributed by atoms with Gasteiger partial charge in [0.25, 0.3) is 15.9 Å². The van der Waals surface area contributed by atoms with E-state index in [0.29, 0.717) is 48.4 Å². The molecule has 0 unspecified atom stereocenters. The van der Waals surface area contributed by atoms with Crippen molar-refractivity contribution >= 4 is 50.9 Å². The van der Waals surface area contributed by atoms with Crippen molar-refractivity contribution in [1.29, 1.82) is 0 Å². The number of halogens is 2. The molecule has 0 radical (unpaired) electrons. The summed E-state index contributed by atoms with van der Waals surface area (Å²) in [6, 6.07) is 13.5. The molecule has 0 atom stereocenters. The summed E-state index contributed by atoms with van der Waals surface area (Å²) in [7, 11) is -4.23. The zero-order chi connectivity index (χ0) is 39.8. The molecule has 16 nitrogen and oxygen atoms in total. The van der Waals surface area contributed by atoms with Crippen molar-refractivity contribution in [2.24, 2.45) is 11.8 Å². The van der Waals surface area contributed by atoms with Crippen LogP contribution in [-0.2, 0) is 14.8 Å². The molecule has 0 aliphatic heterocycles. The van der Waals surface area contributed by atoms with Gasteiger partial charge in [-0.2, -0.15) is 8.42 Å². The number of nitrogen functional groups attached to an aromatic ring is 1. The first-order valence-electron chi connectivity index (χ1n) is 16.5. The van der Waals surface area contributed by atoms with Crippen LogP contribution in [0.5, 0.6) is 11.8 Å². The molecule has 5 rings (SSSR count). The van der Waals surface area contributed by atoms with Gasteiger partial charge in [-0.15, -0.1) is 10.2 Å². The number of hydrogen-bond acceptors (Lipinski definition) is 13. The van der Waals surface area contributed by atoms with Gasteiger partial charge >= 0.3 is 5.97 Å². The molecule has 0 bridgehead atoms. The Balaban J connectivity index is 0.000000247. The van der Waals surface area contributed by atoms with Crippen LogP contribution >= 0.6 is 23.2 Å². The van der Waals surface area contributed by atoms with Crippen molar-refractivity contribution in [3.8, 4) is 23.4 Å². The summed E-state index contributed by atoms with van der Waals surface area (Å²) >= 11 is 12.2. The normalized spacial score (nSPS) is 11.5. The SMILES string of the molecule is CC(C)COc1ccn(-c2ccc(C(=O)NS(=O)(=O)c3cccc(N)n3)c(Cl)n2)n1.CC(C)COc1ccn(-c2ccc(C(=O)OC(C)(C)C)c(Cl)n2)n1. The number of aromatic nitrogens is 7. The van der Waals surface area contributed by atoms with E-state index in [0.717, 1.165) is 0 Å². The highest BCUT2D eigenvalue weighted by atomic mass is 35.5. The average Bonchev–Trinajstić information content (AvgIpc) is 3.76. The van der Waals surface area contributed by atoms with Crippen LogP contribution in [0.3, 0.4) is 0 Å². The Kier molecular flexibility index (Phi) is 13.6. The van der Waals surface area contributed by atoms with Crippen LogP contribution in [0.15, 0.2) is 72.0 Å². The Morgan fingerprint density at radius 2 is 1.28 bits per heavy atom. The average molecular weight is 803 g/mol. The third-order valence-electron chi connectivity index (χ3n) is 6.51. The highest BCUT2D eigenvalue weighted by Crippen LogP contribution is 2.22. The number of carbonyl (C=O) groups is 2. The lowest BCUT2D eigenvalue weighted by molar-refractivity contribution is 0.00691. The molecule has 5 aromatic heterocycles. The molecule has 0 aliphatic rings. The Labute approximate surface area is 323 Å². The van der Waals surface area contributed by atoms with Crippen molar-refractivity contribution in [3.05, 3.63) is 88.4 Å². The second-order valence-electron chi connectivity index (χ2n) is 13.5. The number of pyridine rings is 3. The Morgan fingerprint density at radius 1 is 0.778 bits per heavy atom. The lowest BCUT2D eigenvalue weighted by Gasteiger charge is -2.19. The van der Waals surface area contributed by atoms with Gasteiger partial charge in [0, 0.05) is 24.5 Å². The van der Waals surface area contributed by atoms with Crippen molar-refractivity contribution in [1.82, 2.24) is 39.2 Å². The number of amides is 1. The standard InChI is InChI=1S/C18H19ClN6O4S.C17H22ClN3O3/c1-11(2)10-29-15-8-9-25(23-15)14-7-6-12(17(19)22-14)18(26)24-30(27,28)16-5-3-4-13(20)21-16;1-11(2)10-23-14-8-9-21(20-14)13-7-6-12(15(18)19-13)16(22)24-17(3,4)5/h3-9,11H,10H2,1-2H3,(H2,20,21)(H,24,26);6-9,11H,10H2,1-5H3. The maximum absolute atomic E-state index is 12.4. The lowest BCUT2D eigenvalue weighted by Crippen LogP contribution is -2.31. The number of rotatable bonds is 12. The molecular formula is C35H41Cl2N9O7S. The summed E-state index contributed by atoms with van der Waals surface area (Å²) in [5.41, 5.74) is 4.99. The maximum Gasteiger partial charge on any atom is 0.341 e. The van der Waals surface area contributed by atoms with Crippen LogP contribution < -0.4 is 19.9 Å². The Morgan fingerprint density at radius 3 is 1.72 bits per heavy atom. The minimum atomic E-state index is -4.23. The zero-order valence-corrected chi connectivity index (χ0v) is 33.0. The van der Waals surface area contributed by atoms with Crippen molar-refractivity contribution < 1.29 is 32.2 Å². The number of anilines is 1. The smallest absolute Gasteiger partial charge is 0.341 e. The fourth-order valence-electron chi connectivity index (χ4n) is 4.10. The molecule has 19 heteroatoms. The molecule has 0 spiro atoms. The van der Waals surface area contributed by atoms with E-state index in [-0.39, 0.29) is 32.3 Å². The summed E-state index contributed by atoms with van der Waals surface area (Å²) in [5.74, 6) is 1.06. The van der Waals surface area contributed by atoms with Gasteiger partial charge in [-0.3, -0.25) is 4.79 Å². The Bertz CT molecular complexity index is 2200. The van der Waals surface area contributed by atoms with Gasteiger partial charge in [0.05, 0.1) is 24.3 Å². The van der Waals surface area contributed by atoms with Gasteiger partial charge in [-0.05, 0) is 69.0 Å². The monoisotopic (exact) mass is 801 g/mol. The molecule has 54 heavy (non-hydrogen) atoms. The number of ether oxygens (including phenoxy) is 3. The number of sulfonamides is 1. The molecular weight excluding hydrogens is 761 g/mol. The van der Waals surface area contributed by atoms with E-state index in [1.54, 1.807) is 62.1 Å². The molecule has 0 aromatic carbocycles. The van der Waals surface area contributed by atoms with E-state index in [1.807, 2.05) is 18.6 Å². The van der Waals surface area contributed by atoms with Gasteiger partial charge < -0.3 is 19.9 Å². The molecule has 0 aliphatic carbocycles. The summed E-state index contributed by atoms with van der Waals surface area (Å²) < 4.78 is 45.9. The molecule has 288 valence electrons. The molecule has 0 fully saturated rings. The number of hydrogen-bond donors (Lipinski definition) is 2. The molecule has 5 heterocycles. The summed E-state index contributed by atoms with van der Waals surface area (Å²) in [4.78, 5) is 36.5. The van der Waals surface area contributed by atoms with E-state index in [4.69, 9.17) is 43.1 Å². The highest BCUT2D eigenvalue weighted by Gasteiger charge is 2.23. The van der Waals surface area contributed by atoms with Crippen LogP contribution in [0.1, 0.15) is 69.2 Å². The molecule has 0 saturated heterocycles. The largest absolute Gasteiger partial charge is 0.476 e. The van der Waals surface area contributed by atoms with Gasteiger partial charge in [-0.25, -0.2) is 33.8 Å². The number of nitrogens with one attached hydrogen (secondary N) is 1. The second-order valence-corrected chi connectivity index (χ2v) is 15.8. The molecule has 5 aromatic rings. The fraction of sp³-hybridized carbons (Fsp3) is 0.343. The van der Waals surface area contributed by atoms with Crippen LogP contribution in [0.4, 0.5) is 5.82 Å². The number of nitrogens with two attached hydrogens (primary N) is 1. The third kappa shape index (κ3) is 11.9. The van der Waals surface area contributed by atoms with Gasteiger partial charge in [0.1, 0.15) is 21.7 Å². The van der Waals surface area contributed by atoms with E-state index in [2.05, 4.69) is 39.0 Å². The minimum absolute atomic E-state index is 0.00495. The molecule has 3 N–H and O–H groups in total. The first kappa shape index (κ1) is 41.5. The van der Waals surface area contributed by atoms with Gasteiger partial charge in [0.2, 0.25) is 11.8 Å². The summed E-state index contributed by atoms with van der Waals surface area (Å²) in [6.45, 7) is 14.6. The van der Waals surface area contributed by atoms with Crippen LogP contribution in [0.25, 0.3) is 11.6 Å². The third-order valence-corrected chi connectivity index (χ3v) is 8.32. The summed E-state index contributed by atoms with van der Waals surface area (Å²) in [5, 5.41) is 8.01. The van der Waals surface area contributed by atoms with Crippen LogP contribution in [0.2, 0.25) is 10.3 Å². The summed E-state index contributed by atoms with van der Waals surface area (Å²) in [6.07, 6.45) is 3.35. The first-order chi connectivity index (χ1) is 25.3. The predicted molar refractivity (Wildman–Crippen MR) is 202 cm³/mol. The topological polar surface area (TPSA) is 208 Å². The van der Waals surface area contributed by atoms with E-state index in [9.17, 15) is 18.0 Å².